The van der Waals surface area contributed by atoms with E-state index in [2.05, 4.69) is 46.5 Å². The maximum atomic E-state index is 13.0. The van der Waals surface area contributed by atoms with Crippen LogP contribution in [0.4, 0.5) is 0 Å². The van der Waals surface area contributed by atoms with E-state index in [1.165, 1.54) is 10.4 Å². The van der Waals surface area contributed by atoms with Gasteiger partial charge in [-0.2, -0.15) is 0 Å². The molecule has 0 atom stereocenters. The molecule has 1 aliphatic rings. The molecule has 1 aliphatic heterocycles. The molecule has 2 aromatic heterocycles. The predicted octanol–water partition coefficient (Wildman–Crippen LogP) is 3.87. The van der Waals surface area contributed by atoms with Gasteiger partial charge >= 0.3 is 0 Å². The van der Waals surface area contributed by atoms with E-state index < -0.39 is 0 Å². The van der Waals surface area contributed by atoms with Crippen LogP contribution in [-0.2, 0) is 6.54 Å². The van der Waals surface area contributed by atoms with Crippen LogP contribution in [0, 0.1) is 13.8 Å². The van der Waals surface area contributed by atoms with Crippen LogP contribution in [0.25, 0.3) is 10.9 Å². The van der Waals surface area contributed by atoms with Gasteiger partial charge in [-0.25, -0.2) is 0 Å². The smallest absolute Gasteiger partial charge is 0.255 e. The largest absolute Gasteiger partial charge is 0.336 e. The van der Waals surface area contributed by atoms with Gasteiger partial charge in [0.25, 0.3) is 5.91 Å². The lowest BCUT2D eigenvalue weighted by molar-refractivity contribution is 0.0628. The first-order valence-electron chi connectivity index (χ1n) is 9.02. The molecule has 0 radical (unpaired) electrons. The van der Waals surface area contributed by atoms with E-state index >= 15 is 0 Å². The van der Waals surface area contributed by atoms with Gasteiger partial charge in [-0.1, -0.05) is 17.7 Å². The summed E-state index contributed by atoms with van der Waals surface area (Å²) in [7, 11) is 0. The molecule has 4 rings (SSSR count). The normalized spacial score (nSPS) is 15.5. The number of nitrogens with zero attached hydrogens (tertiary/aromatic N) is 3. The van der Waals surface area contributed by atoms with Crippen molar-refractivity contribution in [1.82, 2.24) is 14.8 Å². The van der Waals surface area contributed by atoms with Crippen molar-refractivity contribution in [1.29, 1.82) is 0 Å². The number of hydrogen-bond donors (Lipinski definition) is 0. The Bertz CT molecular complexity index is 928. The van der Waals surface area contributed by atoms with E-state index in [9.17, 15) is 4.79 Å². The Hall–Kier alpha value is -2.24. The number of benzene rings is 1. The molecule has 4 nitrogen and oxygen atoms in total. The third-order valence-corrected chi connectivity index (χ3v) is 5.87. The van der Waals surface area contributed by atoms with Gasteiger partial charge in [0, 0.05) is 43.0 Å². The summed E-state index contributed by atoms with van der Waals surface area (Å²) in [6.07, 6.45) is 0. The van der Waals surface area contributed by atoms with E-state index in [0.29, 0.717) is 0 Å². The Kier molecular flexibility index (Phi) is 4.74. The van der Waals surface area contributed by atoms with Crippen LogP contribution in [0.15, 0.2) is 41.8 Å². The van der Waals surface area contributed by atoms with Crippen LogP contribution in [-0.4, -0.2) is 46.9 Å². The van der Waals surface area contributed by atoms with E-state index in [0.717, 1.165) is 54.9 Å². The molecule has 0 bridgehead atoms. The Morgan fingerprint density at radius 3 is 2.65 bits per heavy atom. The Balaban J connectivity index is 1.48. The summed E-state index contributed by atoms with van der Waals surface area (Å²) in [5.41, 5.74) is 3.68. The summed E-state index contributed by atoms with van der Waals surface area (Å²) in [5, 5.41) is 3.15. The van der Waals surface area contributed by atoms with Gasteiger partial charge in [0.2, 0.25) is 0 Å². The molecule has 1 saturated heterocycles. The number of piperazine rings is 1. The molecular weight excluding hydrogens is 342 g/mol. The number of hydrogen-bond acceptors (Lipinski definition) is 4. The highest BCUT2D eigenvalue weighted by atomic mass is 32.1. The van der Waals surface area contributed by atoms with E-state index in [1.807, 2.05) is 24.0 Å². The number of amides is 1. The van der Waals surface area contributed by atoms with E-state index in [1.54, 1.807) is 11.3 Å². The molecule has 3 heterocycles. The number of fused-ring (bicyclic) bond motifs is 1. The SMILES string of the molecule is Cc1ccc2nc(C)c(C(=O)N3CCN(Cc4cccs4)CC3)cc2c1. The van der Waals surface area contributed by atoms with Crippen molar-refractivity contribution in [2.75, 3.05) is 26.2 Å². The minimum absolute atomic E-state index is 0.106. The minimum atomic E-state index is 0.106. The molecule has 0 saturated carbocycles. The maximum Gasteiger partial charge on any atom is 0.255 e. The lowest BCUT2D eigenvalue weighted by Gasteiger charge is -2.34. The molecular formula is C21H23N3OS. The standard InChI is InChI=1S/C21H23N3OS/c1-15-5-6-20-17(12-15)13-19(16(2)22-20)21(25)24-9-7-23(8-10-24)14-18-4-3-11-26-18/h3-6,11-13H,7-10,14H2,1-2H3. The zero-order valence-electron chi connectivity index (χ0n) is 15.2. The van der Waals surface area contributed by atoms with Gasteiger partial charge in [0.15, 0.2) is 0 Å². The number of thiophene rings is 1. The summed E-state index contributed by atoms with van der Waals surface area (Å²) in [6, 6.07) is 12.5. The summed E-state index contributed by atoms with van der Waals surface area (Å²) < 4.78 is 0. The quantitative estimate of drug-likeness (QED) is 0.707. The van der Waals surface area contributed by atoms with E-state index in [4.69, 9.17) is 0 Å². The molecule has 1 aromatic carbocycles. The molecule has 0 unspecified atom stereocenters. The van der Waals surface area contributed by atoms with Crippen molar-refractivity contribution < 1.29 is 4.79 Å². The fraction of sp³-hybridized carbons (Fsp3) is 0.333. The first-order chi connectivity index (χ1) is 12.6. The number of rotatable bonds is 3. The first-order valence-corrected chi connectivity index (χ1v) is 9.90. The monoisotopic (exact) mass is 365 g/mol. The molecule has 134 valence electrons. The van der Waals surface area contributed by atoms with Gasteiger partial charge in [-0.3, -0.25) is 14.7 Å². The number of aromatic nitrogens is 1. The summed E-state index contributed by atoms with van der Waals surface area (Å²) in [5.74, 6) is 0.106. The molecule has 5 heteroatoms. The van der Waals surface area contributed by atoms with Crippen LogP contribution in [0.3, 0.4) is 0 Å². The average Bonchev–Trinajstić information content (AvgIpc) is 3.14. The first kappa shape index (κ1) is 17.2. The Labute approximate surface area is 158 Å². The summed E-state index contributed by atoms with van der Waals surface area (Å²) >= 11 is 1.79. The van der Waals surface area contributed by atoms with Gasteiger partial charge in [0.05, 0.1) is 16.8 Å². The second kappa shape index (κ2) is 7.17. The molecule has 0 N–H and O–H groups in total. The Morgan fingerprint density at radius 2 is 1.92 bits per heavy atom. The predicted molar refractivity (Wildman–Crippen MR) is 107 cm³/mol. The Morgan fingerprint density at radius 1 is 1.12 bits per heavy atom. The second-order valence-electron chi connectivity index (χ2n) is 6.97. The third-order valence-electron chi connectivity index (χ3n) is 5.01. The average molecular weight is 366 g/mol. The van der Waals surface area contributed by atoms with Crippen molar-refractivity contribution in [2.24, 2.45) is 0 Å². The van der Waals surface area contributed by atoms with Crippen LogP contribution >= 0.6 is 11.3 Å². The molecule has 0 spiro atoms. The lowest BCUT2D eigenvalue weighted by atomic mass is 10.1. The van der Waals surface area contributed by atoms with Gasteiger partial charge in [0.1, 0.15) is 0 Å². The number of carbonyl (C=O) groups is 1. The van der Waals surface area contributed by atoms with Crippen LogP contribution in [0.5, 0.6) is 0 Å². The highest BCUT2D eigenvalue weighted by Crippen LogP contribution is 2.20. The van der Waals surface area contributed by atoms with Gasteiger partial charge in [-0.15, -0.1) is 11.3 Å². The molecule has 3 aromatic rings. The summed E-state index contributed by atoms with van der Waals surface area (Å²) in [4.78, 5) is 23.5. The van der Waals surface area contributed by atoms with E-state index in [-0.39, 0.29) is 5.91 Å². The summed E-state index contributed by atoms with van der Waals surface area (Å²) in [6.45, 7) is 8.36. The molecule has 0 aliphatic carbocycles. The van der Waals surface area contributed by atoms with Crippen molar-refractivity contribution in [2.45, 2.75) is 20.4 Å². The van der Waals surface area contributed by atoms with Gasteiger partial charge in [-0.05, 0) is 43.5 Å². The zero-order valence-corrected chi connectivity index (χ0v) is 16.1. The van der Waals surface area contributed by atoms with Crippen molar-refractivity contribution in [3.05, 3.63) is 63.5 Å². The maximum absolute atomic E-state index is 13.0. The number of pyridine rings is 1. The highest BCUT2D eigenvalue weighted by Gasteiger charge is 2.24. The molecule has 1 amide bonds. The van der Waals surface area contributed by atoms with Crippen molar-refractivity contribution in [3.8, 4) is 0 Å². The molecule has 1 fully saturated rings. The fourth-order valence-corrected chi connectivity index (χ4v) is 4.26. The van der Waals surface area contributed by atoms with Gasteiger partial charge < -0.3 is 4.90 Å². The number of aryl methyl sites for hydroxylation is 2. The van der Waals surface area contributed by atoms with Crippen LogP contribution in [0.2, 0.25) is 0 Å². The van der Waals surface area contributed by atoms with Crippen molar-refractivity contribution >= 4 is 28.1 Å². The lowest BCUT2D eigenvalue weighted by Crippen LogP contribution is -2.48. The second-order valence-corrected chi connectivity index (χ2v) is 8.00. The van der Waals surface area contributed by atoms with Crippen molar-refractivity contribution in [3.63, 3.8) is 0 Å². The van der Waals surface area contributed by atoms with Crippen LogP contribution in [0.1, 0.15) is 26.5 Å². The fourth-order valence-electron chi connectivity index (χ4n) is 3.51. The molecule has 26 heavy (non-hydrogen) atoms. The highest BCUT2D eigenvalue weighted by molar-refractivity contribution is 7.09. The topological polar surface area (TPSA) is 36.4 Å². The van der Waals surface area contributed by atoms with Crippen LogP contribution < -0.4 is 0 Å². The number of carbonyl (C=O) groups excluding carboxylic acids is 1. The minimum Gasteiger partial charge on any atom is -0.336 e. The third kappa shape index (κ3) is 3.50. The zero-order chi connectivity index (χ0) is 18.1.